The summed E-state index contributed by atoms with van der Waals surface area (Å²) in [5, 5.41) is 0. The number of aromatic nitrogens is 2. The van der Waals surface area contributed by atoms with Crippen LogP contribution in [0.3, 0.4) is 0 Å². The highest BCUT2D eigenvalue weighted by Crippen LogP contribution is 2.27. The molecule has 2 aromatic rings. The van der Waals surface area contributed by atoms with E-state index in [1.165, 1.54) is 0 Å². The van der Waals surface area contributed by atoms with Gasteiger partial charge in [-0.2, -0.15) is 0 Å². The van der Waals surface area contributed by atoms with Gasteiger partial charge >= 0.3 is 0 Å². The van der Waals surface area contributed by atoms with Crippen LogP contribution in [0.25, 0.3) is 11.6 Å². The fourth-order valence-corrected chi connectivity index (χ4v) is 1.74. The highest BCUT2D eigenvalue weighted by atomic mass is 79.9. The van der Waals surface area contributed by atoms with Crippen LogP contribution in [0.4, 0.5) is 5.82 Å². The van der Waals surface area contributed by atoms with Gasteiger partial charge in [0.2, 0.25) is 0 Å². The lowest BCUT2D eigenvalue weighted by molar-refractivity contribution is 0.181. The molecule has 90 valence electrons. The zero-order valence-corrected chi connectivity index (χ0v) is 11.1. The molecule has 0 unspecified atom stereocenters. The average molecular weight is 298 g/mol. The van der Waals surface area contributed by atoms with Gasteiger partial charge < -0.3 is 14.9 Å². The first-order valence-corrected chi connectivity index (χ1v) is 5.78. The maximum atomic E-state index is 5.81. The Morgan fingerprint density at radius 3 is 2.82 bits per heavy atom. The van der Waals surface area contributed by atoms with Crippen molar-refractivity contribution in [3.63, 3.8) is 0 Å². The molecular weight excluding hydrogens is 286 g/mol. The molecule has 5 nitrogen and oxygen atoms in total. The van der Waals surface area contributed by atoms with Gasteiger partial charge in [-0.25, -0.2) is 9.97 Å². The monoisotopic (exact) mass is 297 g/mol. The summed E-state index contributed by atoms with van der Waals surface area (Å²) in [5.41, 5.74) is 7.48. The Balaban J connectivity index is 2.53. The van der Waals surface area contributed by atoms with Crippen molar-refractivity contribution in [3.8, 4) is 11.6 Å². The average Bonchev–Trinajstić information content (AvgIpc) is 2.71. The summed E-state index contributed by atoms with van der Waals surface area (Å²) >= 11 is 3.34. The van der Waals surface area contributed by atoms with E-state index in [1.807, 2.05) is 13.0 Å². The number of hydrogen-bond acceptors (Lipinski definition) is 5. The van der Waals surface area contributed by atoms with Gasteiger partial charge in [-0.1, -0.05) is 0 Å². The molecule has 0 saturated heterocycles. The normalized spacial score (nSPS) is 10.8. The number of nitrogens with zero attached hydrogens (tertiary/aromatic N) is 2. The van der Waals surface area contributed by atoms with Crippen LogP contribution >= 0.6 is 15.9 Å². The third kappa shape index (κ3) is 2.32. The molecule has 0 atom stereocenters. The summed E-state index contributed by atoms with van der Waals surface area (Å²) in [4.78, 5) is 8.56. The number of aryl methyl sites for hydroxylation is 1. The number of methoxy groups -OCH3 is 1. The zero-order valence-electron chi connectivity index (χ0n) is 9.53. The lowest BCUT2D eigenvalue weighted by Crippen LogP contribution is -2.03. The predicted octanol–water partition coefficient (Wildman–Crippen LogP) is 2.54. The smallest absolute Gasteiger partial charge is 0.198 e. The number of nitrogen functional groups attached to an aromatic ring is 1. The molecule has 0 aromatic carbocycles. The van der Waals surface area contributed by atoms with Crippen LogP contribution in [0.5, 0.6) is 0 Å². The minimum absolute atomic E-state index is 0.361. The Morgan fingerprint density at radius 1 is 1.47 bits per heavy atom. The Bertz CT molecular complexity index is 540. The summed E-state index contributed by atoms with van der Waals surface area (Å²) in [5.74, 6) is 1.47. The molecule has 0 fully saturated rings. The molecule has 2 rings (SSSR count). The van der Waals surface area contributed by atoms with Gasteiger partial charge in [0.25, 0.3) is 0 Å². The van der Waals surface area contributed by atoms with E-state index >= 15 is 0 Å². The number of anilines is 1. The number of ether oxygens (including phenoxy) is 1. The summed E-state index contributed by atoms with van der Waals surface area (Å²) in [6.07, 6.45) is 1.60. The molecule has 0 bridgehead atoms. The molecule has 0 radical (unpaired) electrons. The van der Waals surface area contributed by atoms with Crippen molar-refractivity contribution in [1.82, 2.24) is 9.97 Å². The van der Waals surface area contributed by atoms with Crippen LogP contribution < -0.4 is 5.73 Å². The van der Waals surface area contributed by atoms with Crippen molar-refractivity contribution in [2.24, 2.45) is 0 Å². The first-order chi connectivity index (χ1) is 8.13. The maximum absolute atomic E-state index is 5.81. The number of hydrogen-bond donors (Lipinski definition) is 1. The van der Waals surface area contributed by atoms with Crippen LogP contribution in [0.15, 0.2) is 21.2 Å². The van der Waals surface area contributed by atoms with Gasteiger partial charge in [0.1, 0.15) is 5.82 Å². The molecule has 0 amide bonds. The van der Waals surface area contributed by atoms with Gasteiger partial charge in [0.05, 0.1) is 23.0 Å². The fraction of sp³-hybridized carbons (Fsp3) is 0.273. The van der Waals surface area contributed by atoms with Crippen molar-refractivity contribution in [2.45, 2.75) is 13.5 Å². The third-order valence-electron chi connectivity index (χ3n) is 2.29. The van der Waals surface area contributed by atoms with E-state index in [2.05, 4.69) is 25.9 Å². The molecule has 0 saturated carbocycles. The second kappa shape index (κ2) is 4.85. The Hall–Kier alpha value is -1.40. The molecule has 2 N–H and O–H groups in total. The number of halogens is 1. The lowest BCUT2D eigenvalue weighted by atomic mass is 10.2. The molecule has 0 aliphatic rings. The minimum atomic E-state index is 0.361. The molecule has 6 heteroatoms. The maximum Gasteiger partial charge on any atom is 0.198 e. The standard InChI is InChI=1S/C11H12BrN3O2/c1-6-3-4-17-9(6)11-14-7(5-16-2)8(12)10(13)15-11/h3-4H,5H2,1-2H3,(H2,13,14,15). The zero-order chi connectivity index (χ0) is 12.4. The summed E-state index contributed by atoms with van der Waals surface area (Å²) in [6, 6.07) is 1.85. The lowest BCUT2D eigenvalue weighted by Gasteiger charge is -2.07. The van der Waals surface area contributed by atoms with E-state index < -0.39 is 0 Å². The third-order valence-corrected chi connectivity index (χ3v) is 3.16. The SMILES string of the molecule is COCc1nc(-c2occc2C)nc(N)c1Br. The number of furan rings is 1. The number of rotatable bonds is 3. The van der Waals surface area contributed by atoms with Crippen molar-refractivity contribution < 1.29 is 9.15 Å². The quantitative estimate of drug-likeness (QED) is 0.942. The topological polar surface area (TPSA) is 74.2 Å². The van der Waals surface area contributed by atoms with E-state index in [0.29, 0.717) is 34.2 Å². The first-order valence-electron chi connectivity index (χ1n) is 4.98. The van der Waals surface area contributed by atoms with Crippen molar-refractivity contribution >= 4 is 21.7 Å². The summed E-state index contributed by atoms with van der Waals surface area (Å²) in [6.45, 7) is 2.29. The highest BCUT2D eigenvalue weighted by Gasteiger charge is 2.14. The van der Waals surface area contributed by atoms with Gasteiger partial charge in [-0.05, 0) is 34.5 Å². The van der Waals surface area contributed by atoms with E-state index in [4.69, 9.17) is 14.9 Å². The Kier molecular flexibility index (Phi) is 3.44. The molecule has 2 aromatic heterocycles. The van der Waals surface area contributed by atoms with Crippen LogP contribution in [-0.2, 0) is 11.3 Å². The van der Waals surface area contributed by atoms with Gasteiger partial charge in [-0.15, -0.1) is 0 Å². The van der Waals surface area contributed by atoms with Crippen molar-refractivity contribution in [3.05, 3.63) is 28.1 Å². The molecule has 17 heavy (non-hydrogen) atoms. The Labute approximate surface area is 107 Å². The molecule has 0 aliphatic carbocycles. The van der Waals surface area contributed by atoms with Crippen molar-refractivity contribution in [2.75, 3.05) is 12.8 Å². The second-order valence-electron chi connectivity index (χ2n) is 3.56. The first kappa shape index (κ1) is 12.1. The van der Waals surface area contributed by atoms with Crippen LogP contribution in [0, 0.1) is 6.92 Å². The van der Waals surface area contributed by atoms with Crippen LogP contribution in [0.2, 0.25) is 0 Å². The van der Waals surface area contributed by atoms with Gasteiger partial charge in [0.15, 0.2) is 11.6 Å². The molecule has 0 spiro atoms. The van der Waals surface area contributed by atoms with Gasteiger partial charge in [-0.3, -0.25) is 0 Å². The molecule has 2 heterocycles. The summed E-state index contributed by atoms with van der Waals surface area (Å²) < 4.78 is 11.1. The van der Waals surface area contributed by atoms with Crippen molar-refractivity contribution in [1.29, 1.82) is 0 Å². The van der Waals surface area contributed by atoms with Crippen LogP contribution in [-0.4, -0.2) is 17.1 Å². The highest BCUT2D eigenvalue weighted by molar-refractivity contribution is 9.10. The van der Waals surface area contributed by atoms with Crippen LogP contribution in [0.1, 0.15) is 11.3 Å². The van der Waals surface area contributed by atoms with E-state index in [9.17, 15) is 0 Å². The Morgan fingerprint density at radius 2 is 2.24 bits per heavy atom. The van der Waals surface area contributed by atoms with E-state index in [-0.39, 0.29) is 0 Å². The van der Waals surface area contributed by atoms with Gasteiger partial charge in [0, 0.05) is 7.11 Å². The molecule has 0 aliphatic heterocycles. The number of nitrogens with two attached hydrogens (primary N) is 1. The largest absolute Gasteiger partial charge is 0.461 e. The molecular formula is C11H12BrN3O2. The fourth-order valence-electron chi connectivity index (χ4n) is 1.45. The van der Waals surface area contributed by atoms with E-state index in [1.54, 1.807) is 13.4 Å². The summed E-state index contributed by atoms with van der Waals surface area (Å²) in [7, 11) is 1.60. The van der Waals surface area contributed by atoms with E-state index in [0.717, 1.165) is 5.56 Å². The second-order valence-corrected chi connectivity index (χ2v) is 4.35. The minimum Gasteiger partial charge on any atom is -0.461 e. The predicted molar refractivity (Wildman–Crippen MR) is 67.3 cm³/mol.